The summed E-state index contributed by atoms with van der Waals surface area (Å²) in [7, 11) is -3.90. The zero-order valence-electron chi connectivity index (χ0n) is 19.7. The highest BCUT2D eigenvalue weighted by molar-refractivity contribution is 7.92. The number of nitrogens with zero attached hydrogens (tertiary/aromatic N) is 2. The SMILES string of the molecule is CC(C)CNC(=O)C(C)N(Cc1ccc(Cl)c(Cl)c1)C(=O)CN(c1cc(Cl)cc(Cl)c1)S(C)(=O)=O. The molecule has 0 radical (unpaired) electrons. The average molecular weight is 583 g/mol. The molecular formula is C23H27Cl4N3O4S. The third-order valence-electron chi connectivity index (χ3n) is 5.00. The highest BCUT2D eigenvalue weighted by Crippen LogP contribution is 2.28. The molecule has 2 aromatic carbocycles. The first kappa shape index (κ1) is 29.5. The van der Waals surface area contributed by atoms with E-state index < -0.39 is 28.5 Å². The number of benzene rings is 2. The number of carbonyl (C=O) groups excluding carboxylic acids is 2. The fourth-order valence-electron chi connectivity index (χ4n) is 3.17. The van der Waals surface area contributed by atoms with E-state index in [4.69, 9.17) is 46.4 Å². The zero-order chi connectivity index (χ0) is 26.5. The minimum absolute atomic E-state index is 0.000108. The first-order valence-electron chi connectivity index (χ1n) is 10.6. The molecule has 2 aromatic rings. The van der Waals surface area contributed by atoms with Crippen molar-refractivity contribution in [1.29, 1.82) is 0 Å². The lowest BCUT2D eigenvalue weighted by Gasteiger charge is -2.31. The number of anilines is 1. The Morgan fingerprint density at radius 2 is 1.54 bits per heavy atom. The minimum atomic E-state index is -3.90. The van der Waals surface area contributed by atoms with Gasteiger partial charge < -0.3 is 10.2 Å². The molecule has 7 nitrogen and oxygen atoms in total. The monoisotopic (exact) mass is 581 g/mol. The molecule has 1 N–H and O–H groups in total. The Kier molecular flexibility index (Phi) is 10.5. The second-order valence-electron chi connectivity index (χ2n) is 8.48. The van der Waals surface area contributed by atoms with Gasteiger partial charge in [0.2, 0.25) is 21.8 Å². The van der Waals surface area contributed by atoms with Crippen LogP contribution in [0, 0.1) is 5.92 Å². The smallest absolute Gasteiger partial charge is 0.244 e. The molecule has 12 heteroatoms. The first-order chi connectivity index (χ1) is 16.2. The Balaban J connectivity index is 2.42. The molecule has 35 heavy (non-hydrogen) atoms. The van der Waals surface area contributed by atoms with Crippen LogP contribution in [-0.2, 0) is 26.2 Å². The Bertz CT molecular complexity index is 1170. The topological polar surface area (TPSA) is 86.8 Å². The first-order valence-corrected chi connectivity index (χ1v) is 14.0. The van der Waals surface area contributed by atoms with Gasteiger partial charge in [0.25, 0.3) is 0 Å². The van der Waals surface area contributed by atoms with Crippen LogP contribution in [-0.4, -0.2) is 50.5 Å². The molecule has 0 fully saturated rings. The van der Waals surface area contributed by atoms with Gasteiger partial charge in [-0.3, -0.25) is 13.9 Å². The van der Waals surface area contributed by atoms with Crippen LogP contribution < -0.4 is 9.62 Å². The third kappa shape index (κ3) is 8.72. The van der Waals surface area contributed by atoms with E-state index in [1.54, 1.807) is 25.1 Å². The van der Waals surface area contributed by atoms with Gasteiger partial charge in [0, 0.05) is 23.1 Å². The van der Waals surface area contributed by atoms with Gasteiger partial charge in [-0.1, -0.05) is 66.3 Å². The van der Waals surface area contributed by atoms with E-state index in [9.17, 15) is 18.0 Å². The number of rotatable bonds is 10. The van der Waals surface area contributed by atoms with E-state index >= 15 is 0 Å². The number of amides is 2. The van der Waals surface area contributed by atoms with Crippen molar-refractivity contribution in [3.63, 3.8) is 0 Å². The van der Waals surface area contributed by atoms with Gasteiger partial charge in [-0.05, 0) is 48.7 Å². The Morgan fingerprint density at radius 1 is 0.943 bits per heavy atom. The maximum Gasteiger partial charge on any atom is 0.244 e. The van der Waals surface area contributed by atoms with Gasteiger partial charge in [0.05, 0.1) is 22.0 Å². The fraction of sp³-hybridized carbons (Fsp3) is 0.391. The van der Waals surface area contributed by atoms with E-state index in [1.807, 2.05) is 13.8 Å². The summed E-state index contributed by atoms with van der Waals surface area (Å²) in [6.07, 6.45) is 0.969. The molecule has 1 atom stereocenters. The highest BCUT2D eigenvalue weighted by atomic mass is 35.5. The molecule has 2 rings (SSSR count). The fourth-order valence-corrected chi connectivity index (χ4v) is 4.84. The predicted octanol–water partition coefficient (Wildman–Crippen LogP) is 5.26. The van der Waals surface area contributed by atoms with Crippen LogP contribution in [0.3, 0.4) is 0 Å². The number of halogens is 4. The molecule has 0 saturated heterocycles. The third-order valence-corrected chi connectivity index (χ3v) is 7.32. The molecule has 0 aromatic heterocycles. The van der Waals surface area contributed by atoms with Crippen LogP contribution in [0.1, 0.15) is 26.3 Å². The van der Waals surface area contributed by atoms with Gasteiger partial charge >= 0.3 is 0 Å². The second kappa shape index (κ2) is 12.5. The largest absolute Gasteiger partial charge is 0.354 e. The number of sulfonamides is 1. The van der Waals surface area contributed by atoms with E-state index in [2.05, 4.69) is 5.32 Å². The summed E-state index contributed by atoms with van der Waals surface area (Å²) < 4.78 is 26.1. The van der Waals surface area contributed by atoms with E-state index in [1.165, 1.54) is 23.1 Å². The number of hydrogen-bond donors (Lipinski definition) is 1. The quantitative estimate of drug-likeness (QED) is 0.414. The summed E-state index contributed by atoms with van der Waals surface area (Å²) in [5.74, 6) is -0.771. The number of hydrogen-bond acceptors (Lipinski definition) is 4. The Morgan fingerprint density at radius 3 is 2.06 bits per heavy atom. The maximum atomic E-state index is 13.5. The molecule has 0 aliphatic carbocycles. The van der Waals surface area contributed by atoms with Crippen LogP contribution in [0.25, 0.3) is 0 Å². The second-order valence-corrected chi connectivity index (χ2v) is 12.1. The van der Waals surface area contributed by atoms with Crippen molar-refractivity contribution in [2.75, 3.05) is 23.7 Å². The molecule has 192 valence electrons. The summed E-state index contributed by atoms with van der Waals surface area (Å²) >= 11 is 24.2. The van der Waals surface area contributed by atoms with Crippen molar-refractivity contribution >= 4 is 73.9 Å². The van der Waals surface area contributed by atoms with Crippen molar-refractivity contribution in [3.8, 4) is 0 Å². The molecule has 0 aliphatic rings. The normalized spacial score (nSPS) is 12.4. The van der Waals surface area contributed by atoms with Gasteiger partial charge in [-0.25, -0.2) is 8.42 Å². The van der Waals surface area contributed by atoms with Gasteiger partial charge in [0.1, 0.15) is 12.6 Å². The van der Waals surface area contributed by atoms with Crippen LogP contribution in [0.4, 0.5) is 5.69 Å². The highest BCUT2D eigenvalue weighted by Gasteiger charge is 2.30. The van der Waals surface area contributed by atoms with Crippen LogP contribution in [0.15, 0.2) is 36.4 Å². The standard InChI is InChI=1S/C23H27Cl4N3O4S/c1-14(2)11-28-23(32)15(3)29(12-16-5-6-20(26)21(27)7-16)22(31)13-30(35(4,33)34)19-9-17(24)8-18(25)10-19/h5-10,14-15H,11-13H2,1-4H3,(H,28,32). The summed E-state index contributed by atoms with van der Waals surface area (Å²) in [6, 6.07) is 8.19. The number of nitrogens with one attached hydrogen (secondary N) is 1. The molecule has 2 amide bonds. The summed E-state index contributed by atoms with van der Waals surface area (Å²) in [6.45, 7) is 5.33. The molecule has 0 bridgehead atoms. The van der Waals surface area contributed by atoms with E-state index in [-0.39, 0.29) is 34.1 Å². The van der Waals surface area contributed by atoms with Crippen molar-refractivity contribution < 1.29 is 18.0 Å². The van der Waals surface area contributed by atoms with Crippen molar-refractivity contribution in [3.05, 3.63) is 62.1 Å². The van der Waals surface area contributed by atoms with Crippen molar-refractivity contribution in [1.82, 2.24) is 10.2 Å². The molecule has 0 heterocycles. The van der Waals surface area contributed by atoms with E-state index in [0.717, 1.165) is 10.6 Å². The number of carbonyl (C=O) groups is 2. The average Bonchev–Trinajstić information content (AvgIpc) is 2.74. The van der Waals surface area contributed by atoms with Crippen molar-refractivity contribution in [2.24, 2.45) is 5.92 Å². The predicted molar refractivity (Wildman–Crippen MR) is 143 cm³/mol. The van der Waals surface area contributed by atoms with Gasteiger partial charge in [-0.15, -0.1) is 0 Å². The maximum absolute atomic E-state index is 13.5. The Labute approximate surface area is 226 Å². The van der Waals surface area contributed by atoms with Gasteiger partial charge in [-0.2, -0.15) is 0 Å². The van der Waals surface area contributed by atoms with Crippen LogP contribution in [0.5, 0.6) is 0 Å². The molecule has 0 spiro atoms. The molecule has 1 unspecified atom stereocenters. The lowest BCUT2D eigenvalue weighted by atomic mass is 10.1. The zero-order valence-corrected chi connectivity index (χ0v) is 23.5. The van der Waals surface area contributed by atoms with Crippen molar-refractivity contribution in [2.45, 2.75) is 33.4 Å². The summed E-state index contributed by atoms with van der Waals surface area (Å²) in [5, 5.41) is 3.86. The minimum Gasteiger partial charge on any atom is -0.354 e. The van der Waals surface area contributed by atoms with Crippen LogP contribution in [0.2, 0.25) is 20.1 Å². The summed E-state index contributed by atoms with van der Waals surface area (Å²) in [4.78, 5) is 27.6. The summed E-state index contributed by atoms with van der Waals surface area (Å²) in [5.41, 5.74) is 0.748. The Hall–Kier alpha value is -1.71. The van der Waals surface area contributed by atoms with Gasteiger partial charge in [0.15, 0.2) is 0 Å². The lowest BCUT2D eigenvalue weighted by Crippen LogP contribution is -2.51. The molecule has 0 saturated carbocycles. The van der Waals surface area contributed by atoms with Crippen LogP contribution >= 0.6 is 46.4 Å². The van der Waals surface area contributed by atoms with E-state index in [0.29, 0.717) is 22.2 Å². The molecular weight excluding hydrogens is 556 g/mol. The lowest BCUT2D eigenvalue weighted by molar-refractivity contribution is -0.139. The molecule has 0 aliphatic heterocycles.